The highest BCUT2D eigenvalue weighted by Gasteiger charge is 2.21. The molecule has 1 atom stereocenters. The van der Waals surface area contributed by atoms with Crippen molar-refractivity contribution >= 4 is 23.9 Å². The Bertz CT molecular complexity index is 1810. The van der Waals surface area contributed by atoms with Gasteiger partial charge in [-0.05, 0) is 103 Å². The van der Waals surface area contributed by atoms with Crippen molar-refractivity contribution in [2.24, 2.45) is 0 Å². The zero-order chi connectivity index (χ0) is 32.5. The molecule has 230 valence electrons. The Morgan fingerprint density at radius 1 is 0.478 bits per heavy atom. The first-order valence-electron chi connectivity index (χ1n) is 13.9. The van der Waals surface area contributed by atoms with E-state index in [4.69, 9.17) is 18.9 Å². The highest BCUT2D eigenvalue weighted by atomic mass is 16.6. The van der Waals surface area contributed by atoms with Gasteiger partial charge in [0.05, 0.1) is 22.3 Å². The molecule has 0 saturated carbocycles. The van der Waals surface area contributed by atoms with Crippen molar-refractivity contribution < 1.29 is 48.3 Å². The number of carbonyl (C=O) groups is 4. The van der Waals surface area contributed by atoms with Crippen LogP contribution in [0.3, 0.4) is 0 Å². The van der Waals surface area contributed by atoms with Crippen LogP contribution in [-0.4, -0.2) is 40.7 Å². The number of rotatable bonds is 10. The second kappa shape index (κ2) is 14.4. The Labute approximate surface area is 263 Å². The fourth-order valence-electron chi connectivity index (χ4n) is 4.14. The van der Waals surface area contributed by atoms with E-state index in [0.717, 1.165) is 0 Å². The summed E-state index contributed by atoms with van der Waals surface area (Å²) < 4.78 is 21.8. The summed E-state index contributed by atoms with van der Waals surface area (Å²) >= 11 is 0. The standard InChI is InChI=1S/C36H26O10/c37-28-14-6-25(7-15-28)34(40)44-30-18-10-24(11-19-30)33(39)43-22-32(23-4-2-1-3-5-23)46-36(42)27-12-20-31(21-13-27)45-35(41)26-8-16-29(38)17-9-26/h1-21,32,37-38H,22H2. The van der Waals surface area contributed by atoms with E-state index >= 15 is 0 Å². The molecule has 0 radical (unpaired) electrons. The van der Waals surface area contributed by atoms with Crippen LogP contribution < -0.4 is 9.47 Å². The van der Waals surface area contributed by atoms with E-state index < -0.39 is 30.0 Å². The number of phenols is 2. The number of aromatic hydroxyl groups is 2. The van der Waals surface area contributed by atoms with Gasteiger partial charge in [-0.3, -0.25) is 0 Å². The van der Waals surface area contributed by atoms with E-state index in [0.29, 0.717) is 5.56 Å². The Balaban J connectivity index is 1.19. The van der Waals surface area contributed by atoms with Crippen LogP contribution in [-0.2, 0) is 9.47 Å². The molecular weight excluding hydrogens is 592 g/mol. The van der Waals surface area contributed by atoms with Gasteiger partial charge in [-0.25, -0.2) is 19.2 Å². The number of phenolic OH excluding ortho intramolecular Hbond substituents is 2. The van der Waals surface area contributed by atoms with Crippen LogP contribution >= 0.6 is 0 Å². The molecule has 0 heterocycles. The second-order valence-corrected chi connectivity index (χ2v) is 9.82. The summed E-state index contributed by atoms with van der Waals surface area (Å²) in [5.41, 5.74) is 1.44. The number of carbonyl (C=O) groups excluding carboxylic acids is 4. The molecule has 0 aromatic heterocycles. The summed E-state index contributed by atoms with van der Waals surface area (Å²) in [6, 6.07) is 31.4. The van der Waals surface area contributed by atoms with Gasteiger partial charge >= 0.3 is 23.9 Å². The maximum Gasteiger partial charge on any atom is 0.343 e. The summed E-state index contributed by atoms with van der Waals surface area (Å²) in [7, 11) is 0. The zero-order valence-electron chi connectivity index (χ0n) is 24.1. The van der Waals surface area contributed by atoms with Gasteiger partial charge in [-0.1, -0.05) is 30.3 Å². The normalized spacial score (nSPS) is 11.1. The molecule has 0 saturated heterocycles. The van der Waals surface area contributed by atoms with Crippen molar-refractivity contribution in [2.75, 3.05) is 6.61 Å². The molecule has 0 bridgehead atoms. The molecule has 1 unspecified atom stereocenters. The lowest BCUT2D eigenvalue weighted by Gasteiger charge is -2.18. The van der Waals surface area contributed by atoms with Gasteiger partial charge < -0.3 is 29.2 Å². The molecule has 5 aromatic rings. The molecular formula is C36H26O10. The van der Waals surface area contributed by atoms with E-state index in [-0.39, 0.29) is 51.9 Å². The summed E-state index contributed by atoms with van der Waals surface area (Å²) in [5, 5.41) is 18.8. The average molecular weight is 619 g/mol. The SMILES string of the molecule is O=C(OCC(OC(=O)c1ccc(OC(=O)c2ccc(O)cc2)cc1)c1ccccc1)c1ccc(OC(=O)c2ccc(O)cc2)cc1. The lowest BCUT2D eigenvalue weighted by atomic mass is 10.1. The molecule has 0 fully saturated rings. The van der Waals surface area contributed by atoms with E-state index in [1.54, 1.807) is 30.3 Å². The third kappa shape index (κ3) is 8.14. The molecule has 2 N–H and O–H groups in total. The van der Waals surface area contributed by atoms with Crippen LogP contribution in [0.4, 0.5) is 0 Å². The first kappa shape index (κ1) is 31.0. The zero-order valence-corrected chi connectivity index (χ0v) is 24.1. The lowest BCUT2D eigenvalue weighted by Crippen LogP contribution is -2.19. The van der Waals surface area contributed by atoms with Crippen molar-refractivity contribution in [3.63, 3.8) is 0 Å². The maximum atomic E-state index is 13.0. The van der Waals surface area contributed by atoms with Crippen molar-refractivity contribution in [2.45, 2.75) is 6.10 Å². The summed E-state index contributed by atoms with van der Waals surface area (Å²) in [6.45, 7) is -0.283. The van der Waals surface area contributed by atoms with Crippen molar-refractivity contribution in [1.29, 1.82) is 0 Å². The predicted molar refractivity (Wildman–Crippen MR) is 164 cm³/mol. The minimum Gasteiger partial charge on any atom is -0.508 e. The van der Waals surface area contributed by atoms with Crippen molar-refractivity contribution in [1.82, 2.24) is 0 Å². The fraction of sp³-hybridized carbons (Fsp3) is 0.0556. The van der Waals surface area contributed by atoms with Gasteiger partial charge in [0.25, 0.3) is 0 Å². The Morgan fingerprint density at radius 3 is 1.33 bits per heavy atom. The van der Waals surface area contributed by atoms with Crippen LogP contribution in [0.25, 0.3) is 0 Å². The Kier molecular flexibility index (Phi) is 9.69. The third-order valence-electron chi connectivity index (χ3n) is 6.59. The van der Waals surface area contributed by atoms with Gasteiger partial charge in [0.2, 0.25) is 0 Å². The van der Waals surface area contributed by atoms with Gasteiger partial charge in [-0.2, -0.15) is 0 Å². The predicted octanol–water partition coefficient (Wildman–Crippen LogP) is 6.29. The maximum absolute atomic E-state index is 13.0. The highest BCUT2D eigenvalue weighted by Crippen LogP contribution is 2.23. The summed E-state index contributed by atoms with van der Waals surface area (Å²) in [5.74, 6) is -2.21. The molecule has 0 spiro atoms. The smallest absolute Gasteiger partial charge is 0.343 e. The van der Waals surface area contributed by atoms with E-state index in [2.05, 4.69) is 0 Å². The molecule has 5 aromatic carbocycles. The number of hydrogen-bond acceptors (Lipinski definition) is 10. The second-order valence-electron chi connectivity index (χ2n) is 9.82. The van der Waals surface area contributed by atoms with Crippen molar-refractivity contribution in [3.8, 4) is 23.0 Å². The minimum absolute atomic E-state index is 0.0183. The van der Waals surface area contributed by atoms with Gasteiger partial charge in [0, 0.05) is 0 Å². The molecule has 0 aliphatic rings. The van der Waals surface area contributed by atoms with E-state index in [1.165, 1.54) is 97.1 Å². The molecule has 0 aliphatic carbocycles. The van der Waals surface area contributed by atoms with Gasteiger partial charge in [-0.15, -0.1) is 0 Å². The molecule has 10 nitrogen and oxygen atoms in total. The lowest BCUT2D eigenvalue weighted by molar-refractivity contribution is -0.00134. The molecule has 0 amide bonds. The Hall–Kier alpha value is -6.42. The number of benzene rings is 5. The number of esters is 4. The Morgan fingerprint density at radius 2 is 0.870 bits per heavy atom. The fourth-order valence-corrected chi connectivity index (χ4v) is 4.14. The largest absolute Gasteiger partial charge is 0.508 e. The number of ether oxygens (including phenoxy) is 4. The summed E-state index contributed by atoms with van der Waals surface area (Å²) in [6.07, 6.45) is -0.935. The van der Waals surface area contributed by atoms with Crippen LogP contribution in [0.2, 0.25) is 0 Å². The first-order valence-corrected chi connectivity index (χ1v) is 13.9. The van der Waals surface area contributed by atoms with Crippen LogP contribution in [0.1, 0.15) is 53.1 Å². The van der Waals surface area contributed by atoms with E-state index in [9.17, 15) is 29.4 Å². The van der Waals surface area contributed by atoms with Crippen LogP contribution in [0.15, 0.2) is 127 Å². The van der Waals surface area contributed by atoms with Crippen molar-refractivity contribution in [3.05, 3.63) is 155 Å². The minimum atomic E-state index is -0.935. The van der Waals surface area contributed by atoms with Gasteiger partial charge in [0.1, 0.15) is 29.6 Å². The van der Waals surface area contributed by atoms with E-state index in [1.807, 2.05) is 0 Å². The average Bonchev–Trinajstić information content (AvgIpc) is 3.08. The summed E-state index contributed by atoms with van der Waals surface area (Å²) in [4.78, 5) is 50.5. The van der Waals surface area contributed by atoms with Gasteiger partial charge in [0.15, 0.2) is 6.10 Å². The highest BCUT2D eigenvalue weighted by molar-refractivity contribution is 5.93. The first-order chi connectivity index (χ1) is 22.2. The monoisotopic (exact) mass is 618 g/mol. The number of hydrogen-bond donors (Lipinski definition) is 2. The quantitative estimate of drug-likeness (QED) is 0.135. The molecule has 46 heavy (non-hydrogen) atoms. The molecule has 10 heteroatoms. The van der Waals surface area contributed by atoms with Crippen LogP contribution in [0, 0.1) is 0 Å². The molecule has 0 aliphatic heterocycles. The van der Waals surface area contributed by atoms with Crippen LogP contribution in [0.5, 0.6) is 23.0 Å². The topological polar surface area (TPSA) is 146 Å². The molecule has 5 rings (SSSR count). The third-order valence-corrected chi connectivity index (χ3v) is 6.59.